The lowest BCUT2D eigenvalue weighted by atomic mass is 10.1. The number of hydrogen-bond acceptors (Lipinski definition) is 2. The molecule has 0 heterocycles. The summed E-state index contributed by atoms with van der Waals surface area (Å²) < 4.78 is 5.28. The lowest BCUT2D eigenvalue weighted by Crippen LogP contribution is -2.37. The first-order chi connectivity index (χ1) is 9.31. The first-order valence-corrected chi connectivity index (χ1v) is 7.39. The van der Waals surface area contributed by atoms with Gasteiger partial charge >= 0.3 is 0 Å². The minimum atomic E-state index is 0.495. The Bertz CT molecular complexity index is 396. The lowest BCUT2D eigenvalue weighted by Gasteiger charge is -2.10. The van der Waals surface area contributed by atoms with E-state index >= 15 is 0 Å². The van der Waals surface area contributed by atoms with E-state index < -0.39 is 0 Å². The largest absolute Gasteiger partial charge is 0.382 e. The maximum atomic E-state index is 5.29. The Kier molecular flexibility index (Phi) is 5.61. The maximum absolute atomic E-state index is 5.29. The number of rotatable bonds is 7. The summed E-state index contributed by atoms with van der Waals surface area (Å²) in [5.41, 5.74) is 1.40. The Labute approximate surface area is 120 Å². The fourth-order valence-corrected chi connectivity index (χ4v) is 2.42. The summed E-state index contributed by atoms with van der Waals surface area (Å²) in [6.45, 7) is 4.46. The van der Waals surface area contributed by atoms with Crippen LogP contribution in [0, 0.1) is 0 Å². The zero-order valence-electron chi connectivity index (χ0n) is 11.4. The van der Waals surface area contributed by atoms with E-state index in [2.05, 4.69) is 41.0 Å². The maximum Gasteiger partial charge on any atom is 0.166 e. The Morgan fingerprint density at radius 3 is 2.89 bits per heavy atom. The molecule has 4 heteroatoms. The van der Waals surface area contributed by atoms with Crippen LogP contribution in [0.2, 0.25) is 0 Å². The van der Waals surface area contributed by atoms with Crippen molar-refractivity contribution in [3.8, 4) is 0 Å². The molecule has 0 aliphatic heterocycles. The highest BCUT2D eigenvalue weighted by Gasteiger charge is 2.38. The van der Waals surface area contributed by atoms with Crippen LogP contribution in [0.4, 0.5) is 0 Å². The molecule has 1 aromatic rings. The van der Waals surface area contributed by atoms with Gasteiger partial charge in [0.15, 0.2) is 5.11 Å². The standard InChI is InChI=1S/C15H22N2OS/c1-2-18-10-6-9-16-15(19)17-14-11-13(14)12-7-4-3-5-8-12/h3-5,7-8,13-14H,2,6,9-11H2,1H3,(H2,16,17,19). The third-order valence-electron chi connectivity index (χ3n) is 3.29. The number of hydrogen-bond donors (Lipinski definition) is 2. The van der Waals surface area contributed by atoms with Crippen molar-refractivity contribution in [2.24, 2.45) is 0 Å². The van der Waals surface area contributed by atoms with Gasteiger partial charge < -0.3 is 15.4 Å². The molecule has 1 aliphatic rings. The monoisotopic (exact) mass is 278 g/mol. The van der Waals surface area contributed by atoms with Crippen molar-refractivity contribution in [3.63, 3.8) is 0 Å². The first-order valence-electron chi connectivity index (χ1n) is 6.98. The van der Waals surface area contributed by atoms with Gasteiger partial charge in [-0.15, -0.1) is 0 Å². The Balaban J connectivity index is 1.60. The summed E-state index contributed by atoms with van der Waals surface area (Å²) in [5, 5.41) is 7.36. The molecule has 1 aliphatic carbocycles. The molecule has 0 bridgehead atoms. The van der Waals surface area contributed by atoms with Crippen LogP contribution in [-0.4, -0.2) is 30.9 Å². The van der Waals surface area contributed by atoms with Crippen molar-refractivity contribution in [1.29, 1.82) is 0 Å². The summed E-state index contributed by atoms with van der Waals surface area (Å²) in [6, 6.07) is 11.1. The number of thiocarbonyl (C=S) groups is 1. The van der Waals surface area contributed by atoms with E-state index in [1.54, 1.807) is 0 Å². The van der Waals surface area contributed by atoms with Crippen LogP contribution in [0.5, 0.6) is 0 Å². The van der Waals surface area contributed by atoms with Gasteiger partial charge in [0, 0.05) is 31.7 Å². The van der Waals surface area contributed by atoms with E-state index in [4.69, 9.17) is 17.0 Å². The molecule has 0 saturated heterocycles. The van der Waals surface area contributed by atoms with Crippen LogP contribution in [0.3, 0.4) is 0 Å². The molecule has 1 fully saturated rings. The van der Waals surface area contributed by atoms with Crippen molar-refractivity contribution >= 4 is 17.3 Å². The number of nitrogens with one attached hydrogen (secondary N) is 2. The summed E-state index contributed by atoms with van der Waals surface area (Å²) in [6.07, 6.45) is 2.16. The van der Waals surface area contributed by atoms with E-state index in [0.29, 0.717) is 12.0 Å². The Morgan fingerprint density at radius 2 is 2.16 bits per heavy atom. The third-order valence-corrected chi connectivity index (χ3v) is 3.55. The zero-order chi connectivity index (χ0) is 13.5. The second-order valence-electron chi connectivity index (χ2n) is 4.81. The smallest absolute Gasteiger partial charge is 0.166 e. The number of benzene rings is 1. The Morgan fingerprint density at radius 1 is 1.37 bits per heavy atom. The minimum absolute atomic E-state index is 0.495. The molecule has 0 aromatic heterocycles. The summed E-state index contributed by atoms with van der Waals surface area (Å²) >= 11 is 5.29. The highest BCUT2D eigenvalue weighted by molar-refractivity contribution is 7.80. The van der Waals surface area contributed by atoms with E-state index in [0.717, 1.165) is 31.3 Å². The SMILES string of the molecule is CCOCCCNC(=S)NC1CC1c1ccccc1. The van der Waals surface area contributed by atoms with Crippen molar-refractivity contribution in [2.45, 2.75) is 31.7 Å². The molecule has 0 spiro atoms. The van der Waals surface area contributed by atoms with Crippen molar-refractivity contribution in [2.75, 3.05) is 19.8 Å². The first kappa shape index (κ1) is 14.3. The summed E-state index contributed by atoms with van der Waals surface area (Å²) in [7, 11) is 0. The number of ether oxygens (including phenoxy) is 1. The topological polar surface area (TPSA) is 33.3 Å². The fourth-order valence-electron chi connectivity index (χ4n) is 2.16. The minimum Gasteiger partial charge on any atom is -0.382 e. The molecule has 0 amide bonds. The van der Waals surface area contributed by atoms with Crippen LogP contribution >= 0.6 is 12.2 Å². The average molecular weight is 278 g/mol. The van der Waals surface area contributed by atoms with Crippen LogP contribution in [0.25, 0.3) is 0 Å². The van der Waals surface area contributed by atoms with E-state index in [-0.39, 0.29) is 0 Å². The normalized spacial score (nSPS) is 20.9. The average Bonchev–Trinajstić information content (AvgIpc) is 3.19. The van der Waals surface area contributed by atoms with Gasteiger partial charge in [0.25, 0.3) is 0 Å². The van der Waals surface area contributed by atoms with Crippen molar-refractivity contribution < 1.29 is 4.74 Å². The quantitative estimate of drug-likeness (QED) is 0.593. The van der Waals surface area contributed by atoms with Gasteiger partial charge in [-0.2, -0.15) is 0 Å². The molecule has 2 N–H and O–H groups in total. The van der Waals surface area contributed by atoms with Gasteiger partial charge in [0.05, 0.1) is 0 Å². The van der Waals surface area contributed by atoms with Crippen molar-refractivity contribution in [1.82, 2.24) is 10.6 Å². The molecule has 1 aromatic carbocycles. The van der Waals surface area contributed by atoms with Crippen LogP contribution in [0.15, 0.2) is 30.3 Å². The molecule has 2 unspecified atom stereocenters. The van der Waals surface area contributed by atoms with Gasteiger partial charge in [-0.25, -0.2) is 0 Å². The molecule has 2 atom stereocenters. The van der Waals surface area contributed by atoms with Gasteiger partial charge in [0.2, 0.25) is 0 Å². The second-order valence-corrected chi connectivity index (χ2v) is 5.22. The molecule has 1 saturated carbocycles. The predicted molar refractivity (Wildman–Crippen MR) is 82.4 cm³/mol. The molecule has 2 rings (SSSR count). The summed E-state index contributed by atoms with van der Waals surface area (Å²) in [5.74, 6) is 0.615. The summed E-state index contributed by atoms with van der Waals surface area (Å²) in [4.78, 5) is 0. The van der Waals surface area contributed by atoms with Crippen LogP contribution < -0.4 is 10.6 Å². The van der Waals surface area contributed by atoms with E-state index in [1.807, 2.05) is 6.92 Å². The molecule has 3 nitrogen and oxygen atoms in total. The highest BCUT2D eigenvalue weighted by Crippen LogP contribution is 2.40. The van der Waals surface area contributed by atoms with Gasteiger partial charge in [-0.3, -0.25) is 0 Å². The zero-order valence-corrected chi connectivity index (χ0v) is 12.2. The highest BCUT2D eigenvalue weighted by atomic mass is 32.1. The molecule has 0 radical (unpaired) electrons. The van der Waals surface area contributed by atoms with Gasteiger partial charge in [-0.05, 0) is 37.5 Å². The fraction of sp³-hybridized carbons (Fsp3) is 0.533. The molecular formula is C15H22N2OS. The predicted octanol–water partition coefficient (Wildman–Crippen LogP) is 2.43. The van der Waals surface area contributed by atoms with E-state index in [9.17, 15) is 0 Å². The van der Waals surface area contributed by atoms with Crippen molar-refractivity contribution in [3.05, 3.63) is 35.9 Å². The second kappa shape index (κ2) is 7.46. The molecular weight excluding hydrogens is 256 g/mol. The van der Waals surface area contributed by atoms with Crippen LogP contribution in [-0.2, 0) is 4.74 Å². The van der Waals surface area contributed by atoms with Gasteiger partial charge in [-0.1, -0.05) is 30.3 Å². The third kappa shape index (κ3) is 4.80. The van der Waals surface area contributed by atoms with Crippen LogP contribution in [0.1, 0.15) is 31.2 Å². The Hall–Kier alpha value is -1.13. The molecule has 104 valence electrons. The van der Waals surface area contributed by atoms with E-state index in [1.165, 1.54) is 12.0 Å². The molecule has 19 heavy (non-hydrogen) atoms. The van der Waals surface area contributed by atoms with Gasteiger partial charge in [0.1, 0.15) is 0 Å². The lowest BCUT2D eigenvalue weighted by molar-refractivity contribution is 0.145.